The van der Waals surface area contributed by atoms with Crippen LogP contribution in [0.1, 0.15) is 79.8 Å². The Morgan fingerprint density at radius 1 is 1.08 bits per heavy atom. The highest BCUT2D eigenvalue weighted by atomic mass is 16.5. The maximum Gasteiger partial charge on any atom is 0.328 e. The maximum absolute atomic E-state index is 14.1. The Balaban J connectivity index is 2.27. The van der Waals surface area contributed by atoms with Gasteiger partial charge in [-0.2, -0.15) is 0 Å². The number of esters is 1. The summed E-state index contributed by atoms with van der Waals surface area (Å²) in [6.07, 6.45) is 3.99. The van der Waals surface area contributed by atoms with E-state index in [0.29, 0.717) is 18.7 Å². The van der Waals surface area contributed by atoms with Crippen molar-refractivity contribution in [2.75, 3.05) is 42.0 Å². The zero-order valence-electron chi connectivity index (χ0n) is 32.7. The summed E-state index contributed by atoms with van der Waals surface area (Å²) in [7, 11) is 7.70. The van der Waals surface area contributed by atoms with Gasteiger partial charge in [-0.05, 0) is 45.6 Å². The number of ether oxygens (including phenoxy) is 3. The number of carbonyl (C=O) groups excluding carboxylic acids is 5. The first-order valence-corrected chi connectivity index (χ1v) is 18.0. The lowest BCUT2D eigenvalue weighted by molar-refractivity contribution is -0.149. The fraction of sp³-hybridized carbons (Fsp3) is 0.778. The summed E-state index contributed by atoms with van der Waals surface area (Å²) in [5, 5.41) is 8.71. The number of likely N-dealkylation sites (N-methyl/N-ethyl adjacent to an activating group) is 2. The molecule has 4 amide bonds. The van der Waals surface area contributed by atoms with E-state index in [1.54, 1.807) is 50.9 Å². The third-order valence-corrected chi connectivity index (χ3v) is 10.5. The van der Waals surface area contributed by atoms with Gasteiger partial charge in [-0.3, -0.25) is 19.2 Å². The zero-order valence-corrected chi connectivity index (χ0v) is 32.7. The summed E-state index contributed by atoms with van der Waals surface area (Å²) >= 11 is 0. The third kappa shape index (κ3) is 11.2. The second-order valence-electron chi connectivity index (χ2n) is 14.5. The smallest absolute Gasteiger partial charge is 0.328 e. The third-order valence-electron chi connectivity index (χ3n) is 10.5. The number of hydrogen-bond acceptors (Lipinski definition) is 10. The van der Waals surface area contributed by atoms with E-state index >= 15 is 0 Å². The van der Waals surface area contributed by atoms with Gasteiger partial charge < -0.3 is 44.9 Å². The van der Waals surface area contributed by atoms with Crippen molar-refractivity contribution in [2.24, 2.45) is 17.8 Å². The summed E-state index contributed by atoms with van der Waals surface area (Å²) in [6.45, 7) is 13.5. The molecule has 8 atom stereocenters. The van der Waals surface area contributed by atoms with Crippen molar-refractivity contribution >= 4 is 29.6 Å². The molecule has 1 aromatic rings. The highest BCUT2D eigenvalue weighted by Crippen LogP contribution is 2.29. The van der Waals surface area contributed by atoms with E-state index in [9.17, 15) is 24.0 Å². The van der Waals surface area contributed by atoms with Gasteiger partial charge in [0, 0.05) is 46.1 Å². The van der Waals surface area contributed by atoms with Gasteiger partial charge in [0.2, 0.25) is 23.6 Å². The molecule has 0 spiro atoms. The second kappa shape index (κ2) is 19.9. The van der Waals surface area contributed by atoms with Gasteiger partial charge in [0.05, 0.1) is 55.6 Å². The number of nitrogens with one attached hydrogen (secondary N) is 4. The summed E-state index contributed by atoms with van der Waals surface area (Å²) in [4.78, 5) is 77.6. The van der Waals surface area contributed by atoms with Crippen molar-refractivity contribution in [1.29, 1.82) is 0 Å². The molecule has 15 heteroatoms. The fourth-order valence-corrected chi connectivity index (χ4v) is 6.73. The standard InChI is InChI=1S/C36H63N7O8/c1-13-22(4)30(42(9)33(46)29(21(2)3)41-35(48)36(6,7)37-8)27(49-10)18-28(44)43-16-14-15-26(43)31(50-11)23(5)32(45)40-25(34(47)51-12)17-24-19-38-20-39-24/h19-23,25-27,29-31,37H,13-18H2,1-12H3,(H,38,39)(H,40,45)(H,41,48)/t22-,23+,25-,26-,27+,29-,30-,31+/m0/s1. The van der Waals surface area contributed by atoms with Crippen LogP contribution in [-0.2, 0) is 44.6 Å². The van der Waals surface area contributed by atoms with Crippen LogP contribution in [0.4, 0.5) is 0 Å². The van der Waals surface area contributed by atoms with Gasteiger partial charge in [-0.25, -0.2) is 9.78 Å². The van der Waals surface area contributed by atoms with Crippen LogP contribution in [0.2, 0.25) is 0 Å². The van der Waals surface area contributed by atoms with E-state index < -0.39 is 59.7 Å². The first-order valence-electron chi connectivity index (χ1n) is 18.0. The Morgan fingerprint density at radius 3 is 2.25 bits per heavy atom. The van der Waals surface area contributed by atoms with Crippen LogP contribution in [0.5, 0.6) is 0 Å². The second-order valence-corrected chi connectivity index (χ2v) is 14.5. The average molecular weight is 722 g/mol. The Kier molecular flexibility index (Phi) is 17.0. The van der Waals surface area contributed by atoms with E-state index in [4.69, 9.17) is 14.2 Å². The number of likely N-dealkylation sites (tertiary alicyclic amines) is 1. The maximum atomic E-state index is 14.1. The molecule has 1 saturated heterocycles. The van der Waals surface area contributed by atoms with Gasteiger partial charge in [0.15, 0.2) is 0 Å². The van der Waals surface area contributed by atoms with E-state index in [0.717, 1.165) is 12.8 Å². The van der Waals surface area contributed by atoms with Gasteiger partial charge in [-0.1, -0.05) is 41.0 Å². The molecule has 0 bridgehead atoms. The minimum atomic E-state index is -0.942. The number of rotatable bonds is 20. The Morgan fingerprint density at radius 2 is 1.75 bits per heavy atom. The molecular formula is C36H63N7O8. The van der Waals surface area contributed by atoms with Gasteiger partial charge in [0.1, 0.15) is 12.1 Å². The predicted molar refractivity (Wildman–Crippen MR) is 192 cm³/mol. The van der Waals surface area contributed by atoms with Crippen molar-refractivity contribution in [2.45, 2.75) is 122 Å². The number of hydrogen-bond donors (Lipinski definition) is 4. The number of carbonyl (C=O) groups is 5. The molecule has 4 N–H and O–H groups in total. The van der Waals surface area contributed by atoms with E-state index in [1.807, 2.05) is 27.7 Å². The molecular weight excluding hydrogens is 658 g/mol. The van der Waals surface area contributed by atoms with Gasteiger partial charge in [0.25, 0.3) is 0 Å². The van der Waals surface area contributed by atoms with Crippen LogP contribution in [-0.4, -0.2) is 133 Å². The molecule has 0 unspecified atom stereocenters. The highest BCUT2D eigenvalue weighted by Gasteiger charge is 2.43. The lowest BCUT2D eigenvalue weighted by Crippen LogP contribution is -2.61. The monoisotopic (exact) mass is 721 g/mol. The predicted octanol–water partition coefficient (Wildman–Crippen LogP) is 1.67. The Hall–Kier alpha value is -3.56. The number of methoxy groups -OCH3 is 3. The summed E-state index contributed by atoms with van der Waals surface area (Å²) in [5.74, 6) is -2.68. The largest absolute Gasteiger partial charge is 0.467 e. The molecule has 51 heavy (non-hydrogen) atoms. The molecule has 0 saturated carbocycles. The number of aromatic nitrogens is 2. The van der Waals surface area contributed by atoms with Crippen LogP contribution in [0.25, 0.3) is 0 Å². The molecule has 1 fully saturated rings. The molecule has 2 heterocycles. The highest BCUT2D eigenvalue weighted by molar-refractivity contribution is 5.92. The van der Waals surface area contributed by atoms with E-state index in [-0.39, 0.29) is 42.4 Å². The molecule has 1 aliphatic heterocycles. The molecule has 290 valence electrons. The first kappa shape index (κ1) is 43.6. The molecule has 0 radical (unpaired) electrons. The number of nitrogens with zero attached hydrogens (tertiary/aromatic N) is 3. The molecule has 15 nitrogen and oxygen atoms in total. The number of amides is 4. The normalized spacial score (nSPS) is 19.0. The minimum absolute atomic E-state index is 0.00325. The lowest BCUT2D eigenvalue weighted by Gasteiger charge is -2.41. The van der Waals surface area contributed by atoms with Gasteiger partial charge >= 0.3 is 5.97 Å². The number of imidazole rings is 1. The first-order chi connectivity index (χ1) is 24.0. The van der Waals surface area contributed by atoms with Crippen LogP contribution in [0.3, 0.4) is 0 Å². The van der Waals surface area contributed by atoms with Crippen LogP contribution >= 0.6 is 0 Å². The van der Waals surface area contributed by atoms with Crippen molar-refractivity contribution < 1.29 is 38.2 Å². The summed E-state index contributed by atoms with van der Waals surface area (Å²) < 4.78 is 16.8. The SMILES string of the molecule is CC[C@H](C)[C@@H]([C@@H](CC(=O)N1CCC[C@H]1[C@H](OC)[C@@H](C)C(=O)N[C@@H](Cc1cnc[nH]1)C(=O)OC)OC)N(C)C(=O)[C@@H](NC(=O)C(C)(C)NC)C(C)C. The van der Waals surface area contributed by atoms with Crippen LogP contribution in [0, 0.1) is 17.8 Å². The van der Waals surface area contributed by atoms with Crippen LogP contribution < -0.4 is 16.0 Å². The van der Waals surface area contributed by atoms with E-state index in [2.05, 4.69) is 25.9 Å². The molecule has 1 aromatic heterocycles. The molecule has 2 rings (SSSR count). The Labute approximate surface area is 303 Å². The van der Waals surface area contributed by atoms with Crippen molar-refractivity contribution in [3.8, 4) is 0 Å². The van der Waals surface area contributed by atoms with E-state index in [1.165, 1.54) is 27.7 Å². The summed E-state index contributed by atoms with van der Waals surface area (Å²) in [6, 6.07) is -2.60. The quantitative estimate of drug-likeness (QED) is 0.145. The lowest BCUT2D eigenvalue weighted by atomic mass is 9.89. The minimum Gasteiger partial charge on any atom is -0.467 e. The molecule has 0 aliphatic carbocycles. The molecule has 1 aliphatic rings. The Bertz CT molecular complexity index is 1290. The number of aromatic amines is 1. The fourth-order valence-electron chi connectivity index (χ4n) is 6.73. The average Bonchev–Trinajstić information content (AvgIpc) is 3.81. The van der Waals surface area contributed by atoms with Crippen molar-refractivity contribution in [1.82, 2.24) is 35.7 Å². The summed E-state index contributed by atoms with van der Waals surface area (Å²) in [5.41, 5.74) is -0.218. The van der Waals surface area contributed by atoms with Gasteiger partial charge in [-0.15, -0.1) is 0 Å². The topological polar surface area (TPSA) is 184 Å². The van der Waals surface area contributed by atoms with Crippen molar-refractivity contribution in [3.63, 3.8) is 0 Å². The zero-order chi connectivity index (χ0) is 38.6. The van der Waals surface area contributed by atoms with Crippen LogP contribution in [0.15, 0.2) is 12.5 Å². The van der Waals surface area contributed by atoms with Crippen molar-refractivity contribution in [3.05, 3.63) is 18.2 Å². The number of H-pyrrole nitrogens is 1. The molecule has 0 aromatic carbocycles.